The van der Waals surface area contributed by atoms with Crippen molar-refractivity contribution in [2.45, 2.75) is 67.8 Å². The van der Waals surface area contributed by atoms with Gasteiger partial charge in [0.2, 0.25) is 10.0 Å². The van der Waals surface area contributed by atoms with Crippen LogP contribution < -0.4 is 15.4 Å². The molecule has 2 atom stereocenters. The van der Waals surface area contributed by atoms with Gasteiger partial charge in [0, 0.05) is 23.9 Å². The van der Waals surface area contributed by atoms with E-state index in [1.165, 1.54) is 19.3 Å². The van der Waals surface area contributed by atoms with Gasteiger partial charge in [-0.3, -0.25) is 0 Å². The van der Waals surface area contributed by atoms with E-state index in [0.29, 0.717) is 17.5 Å². The third-order valence-corrected chi connectivity index (χ3v) is 7.59. The van der Waals surface area contributed by atoms with Crippen LogP contribution in [0.3, 0.4) is 0 Å². The van der Waals surface area contributed by atoms with E-state index in [1.807, 2.05) is 23.9 Å². The average Bonchev–Trinajstić information content (AvgIpc) is 3.34. The molecule has 2 saturated carbocycles. The predicted octanol–water partition coefficient (Wildman–Crippen LogP) is 2.47. The van der Waals surface area contributed by atoms with E-state index in [4.69, 9.17) is 0 Å². The number of nitrogens with zero attached hydrogens (tertiary/aromatic N) is 1. The Hall–Kier alpha value is -1.25. The summed E-state index contributed by atoms with van der Waals surface area (Å²) in [6.45, 7) is 3.39. The molecule has 0 spiro atoms. The van der Waals surface area contributed by atoms with Gasteiger partial charge in [-0.1, -0.05) is 12.1 Å². The first-order valence-electron chi connectivity index (χ1n) is 9.69. The molecular formula is C19H30N4O2S2. The van der Waals surface area contributed by atoms with Gasteiger partial charge in [0.1, 0.15) is 0 Å². The van der Waals surface area contributed by atoms with Crippen LogP contribution in [0.5, 0.6) is 0 Å². The van der Waals surface area contributed by atoms with Gasteiger partial charge in [0.25, 0.3) is 0 Å². The molecule has 27 heavy (non-hydrogen) atoms. The zero-order chi connectivity index (χ0) is 19.3. The van der Waals surface area contributed by atoms with Crippen LogP contribution in [0.25, 0.3) is 0 Å². The summed E-state index contributed by atoms with van der Waals surface area (Å²) in [5.74, 6) is 0.830. The van der Waals surface area contributed by atoms with Gasteiger partial charge in [-0.05, 0) is 63.0 Å². The molecule has 2 aliphatic rings. The van der Waals surface area contributed by atoms with Crippen LogP contribution >= 0.6 is 11.8 Å². The predicted molar refractivity (Wildman–Crippen MR) is 113 cm³/mol. The maximum Gasteiger partial charge on any atom is 0.240 e. The van der Waals surface area contributed by atoms with E-state index in [9.17, 15) is 8.42 Å². The van der Waals surface area contributed by atoms with Crippen molar-refractivity contribution in [2.24, 2.45) is 4.99 Å². The third-order valence-electron chi connectivity index (χ3n) is 4.96. The second-order valence-corrected chi connectivity index (χ2v) is 10.1. The second kappa shape index (κ2) is 9.30. The summed E-state index contributed by atoms with van der Waals surface area (Å²) in [5.41, 5.74) is 0.992. The van der Waals surface area contributed by atoms with Crippen molar-refractivity contribution in [3.8, 4) is 0 Å². The molecule has 2 fully saturated rings. The highest BCUT2D eigenvalue weighted by molar-refractivity contribution is 7.99. The lowest BCUT2D eigenvalue weighted by Crippen LogP contribution is -2.42. The van der Waals surface area contributed by atoms with Crippen LogP contribution in [0.15, 0.2) is 34.2 Å². The quantitative estimate of drug-likeness (QED) is 0.453. The van der Waals surface area contributed by atoms with E-state index in [1.54, 1.807) is 12.1 Å². The Labute approximate surface area is 167 Å². The lowest BCUT2D eigenvalue weighted by atomic mass is 10.2. The summed E-state index contributed by atoms with van der Waals surface area (Å²) in [6, 6.07) is 7.60. The molecule has 2 aliphatic carbocycles. The summed E-state index contributed by atoms with van der Waals surface area (Å²) in [5, 5.41) is 7.58. The number of aliphatic imine (C=N–C) groups is 1. The molecule has 0 bridgehead atoms. The lowest BCUT2D eigenvalue weighted by Gasteiger charge is -2.17. The number of nitrogens with one attached hydrogen (secondary N) is 3. The molecule has 3 N–H and O–H groups in total. The lowest BCUT2D eigenvalue weighted by molar-refractivity contribution is 0.581. The Bertz CT molecular complexity index is 745. The largest absolute Gasteiger partial charge is 0.357 e. The van der Waals surface area contributed by atoms with Crippen LogP contribution in [0, 0.1) is 0 Å². The molecule has 0 aromatic heterocycles. The Morgan fingerprint density at radius 1 is 1.15 bits per heavy atom. The van der Waals surface area contributed by atoms with Crippen molar-refractivity contribution in [1.82, 2.24) is 15.4 Å². The molecule has 6 nitrogen and oxygen atoms in total. The average molecular weight is 411 g/mol. The second-order valence-electron chi connectivity index (χ2n) is 7.25. The van der Waals surface area contributed by atoms with Crippen molar-refractivity contribution in [3.05, 3.63) is 29.8 Å². The van der Waals surface area contributed by atoms with Crippen molar-refractivity contribution < 1.29 is 8.42 Å². The first-order chi connectivity index (χ1) is 13.0. The third kappa shape index (κ3) is 6.12. The summed E-state index contributed by atoms with van der Waals surface area (Å²) >= 11 is 1.94. The normalized spacial score (nSPS) is 23.4. The summed E-state index contributed by atoms with van der Waals surface area (Å²) in [7, 11) is -3.39. The minimum Gasteiger partial charge on any atom is -0.357 e. The number of rotatable bonds is 8. The highest BCUT2D eigenvalue weighted by Gasteiger charge is 2.28. The fourth-order valence-electron chi connectivity index (χ4n) is 3.23. The summed E-state index contributed by atoms with van der Waals surface area (Å²) in [6.07, 6.45) is 7.65. The molecule has 3 rings (SSSR count). The zero-order valence-electron chi connectivity index (χ0n) is 16.1. The number of guanidine groups is 1. The standard InChI is InChI=1S/C19H30N4O2S2/c1-3-20-19(22-16-8-9-17(12-16)26-2)21-13-14-4-10-18(11-5-14)27(24,25)23-15-6-7-15/h4-5,10-11,15-17,23H,3,6-9,12-13H2,1-2H3,(H2,20,21,22). The summed E-state index contributed by atoms with van der Waals surface area (Å²) in [4.78, 5) is 4.99. The Balaban J connectivity index is 1.58. The van der Waals surface area contributed by atoms with Gasteiger partial charge in [-0.2, -0.15) is 11.8 Å². The molecule has 2 unspecified atom stereocenters. The molecule has 0 radical (unpaired) electrons. The van der Waals surface area contributed by atoms with Crippen LogP contribution in [-0.4, -0.2) is 44.5 Å². The van der Waals surface area contributed by atoms with Crippen molar-refractivity contribution >= 4 is 27.7 Å². The number of thioether (sulfide) groups is 1. The minimum atomic E-state index is -3.39. The van der Waals surface area contributed by atoms with Gasteiger partial charge < -0.3 is 10.6 Å². The number of hydrogen-bond donors (Lipinski definition) is 3. The van der Waals surface area contributed by atoms with Crippen LogP contribution in [-0.2, 0) is 16.6 Å². The maximum atomic E-state index is 12.2. The van der Waals surface area contributed by atoms with Crippen LogP contribution in [0.4, 0.5) is 0 Å². The number of hydrogen-bond acceptors (Lipinski definition) is 4. The number of sulfonamides is 1. The maximum absolute atomic E-state index is 12.2. The van der Waals surface area contributed by atoms with Crippen LogP contribution in [0.1, 0.15) is 44.6 Å². The molecule has 150 valence electrons. The molecule has 0 amide bonds. The Morgan fingerprint density at radius 3 is 2.44 bits per heavy atom. The molecular weight excluding hydrogens is 380 g/mol. The van der Waals surface area contributed by atoms with Gasteiger partial charge in [-0.25, -0.2) is 18.1 Å². The molecule has 1 aromatic carbocycles. The SMILES string of the molecule is CCNC(=NCc1ccc(S(=O)(=O)NC2CC2)cc1)NC1CCC(SC)C1. The number of benzene rings is 1. The molecule has 1 aromatic rings. The first kappa shape index (κ1) is 20.5. The van der Waals surface area contributed by atoms with Gasteiger partial charge in [0.05, 0.1) is 11.4 Å². The van der Waals surface area contributed by atoms with Crippen molar-refractivity contribution in [3.63, 3.8) is 0 Å². The van der Waals surface area contributed by atoms with E-state index in [-0.39, 0.29) is 6.04 Å². The van der Waals surface area contributed by atoms with Gasteiger partial charge in [-0.15, -0.1) is 0 Å². The van der Waals surface area contributed by atoms with E-state index < -0.39 is 10.0 Å². The molecule has 8 heteroatoms. The van der Waals surface area contributed by atoms with E-state index in [2.05, 4.69) is 33.5 Å². The molecule has 0 aliphatic heterocycles. The minimum absolute atomic E-state index is 0.120. The Kier molecular flexibility index (Phi) is 7.05. The molecule has 0 heterocycles. The fourth-order valence-corrected chi connectivity index (χ4v) is 5.33. The highest BCUT2D eigenvalue weighted by Crippen LogP contribution is 2.28. The topological polar surface area (TPSA) is 82.6 Å². The summed E-state index contributed by atoms with van der Waals surface area (Å²) < 4.78 is 27.2. The highest BCUT2D eigenvalue weighted by atomic mass is 32.2. The van der Waals surface area contributed by atoms with Gasteiger partial charge >= 0.3 is 0 Å². The van der Waals surface area contributed by atoms with Crippen LogP contribution in [0.2, 0.25) is 0 Å². The van der Waals surface area contributed by atoms with Crippen molar-refractivity contribution in [2.75, 3.05) is 12.8 Å². The molecule has 0 saturated heterocycles. The monoisotopic (exact) mass is 410 g/mol. The van der Waals surface area contributed by atoms with E-state index >= 15 is 0 Å². The zero-order valence-corrected chi connectivity index (χ0v) is 17.7. The smallest absolute Gasteiger partial charge is 0.240 e. The first-order valence-corrected chi connectivity index (χ1v) is 12.5. The Morgan fingerprint density at radius 2 is 1.85 bits per heavy atom. The fraction of sp³-hybridized carbons (Fsp3) is 0.632. The van der Waals surface area contributed by atoms with Crippen molar-refractivity contribution in [1.29, 1.82) is 0 Å². The van der Waals surface area contributed by atoms with Gasteiger partial charge in [0.15, 0.2) is 5.96 Å². The van der Waals surface area contributed by atoms with E-state index in [0.717, 1.165) is 36.2 Å².